The number of aryl methyl sites for hydroxylation is 1. The standard InChI is InChI=1S/C24H24N2O4S/c1-16-3-2-4-17(13-16)14-21-22(27)25-19-15-18(5-6-20(19)31-21)23(28)26-9-7-24(8-10-26)29-11-12-30-24/h2-6,13-15,20H,7-12H2,1H3/b21-14+. The van der Waals surface area contributed by atoms with Crippen molar-refractivity contribution < 1.29 is 19.1 Å². The fourth-order valence-corrected chi connectivity index (χ4v) is 5.32. The van der Waals surface area contributed by atoms with Gasteiger partial charge in [0.15, 0.2) is 5.79 Å². The molecule has 0 bridgehead atoms. The number of nitrogens with zero attached hydrogens (tertiary/aromatic N) is 2. The molecule has 1 aliphatic carbocycles. The summed E-state index contributed by atoms with van der Waals surface area (Å²) in [5, 5.41) is -0.0600. The molecule has 0 aromatic heterocycles. The highest BCUT2D eigenvalue weighted by Gasteiger charge is 2.41. The van der Waals surface area contributed by atoms with E-state index in [-0.39, 0.29) is 17.1 Å². The SMILES string of the molecule is Cc1cccc(/C=C2/SC3C=CC(C(=O)N4CCC5(CC4)OCCO5)=CC3=NC2=O)c1. The second kappa shape index (κ2) is 8.22. The molecule has 3 heterocycles. The van der Waals surface area contributed by atoms with Gasteiger partial charge in [-0.3, -0.25) is 9.59 Å². The second-order valence-corrected chi connectivity index (χ2v) is 9.34. The van der Waals surface area contributed by atoms with Gasteiger partial charge in [0.1, 0.15) is 0 Å². The average Bonchev–Trinajstić information content (AvgIpc) is 3.22. The highest BCUT2D eigenvalue weighted by molar-refractivity contribution is 8.05. The van der Waals surface area contributed by atoms with Gasteiger partial charge in [-0.2, -0.15) is 0 Å². The molecule has 4 aliphatic rings. The minimum absolute atomic E-state index is 0.0382. The molecule has 1 aromatic carbocycles. The molecule has 1 spiro atoms. The molecule has 2 amide bonds. The van der Waals surface area contributed by atoms with Gasteiger partial charge in [0.25, 0.3) is 11.8 Å². The highest BCUT2D eigenvalue weighted by Crippen LogP contribution is 2.35. The molecule has 31 heavy (non-hydrogen) atoms. The van der Waals surface area contributed by atoms with Gasteiger partial charge in [0, 0.05) is 31.5 Å². The Labute approximate surface area is 185 Å². The molecule has 2 fully saturated rings. The van der Waals surface area contributed by atoms with Gasteiger partial charge < -0.3 is 14.4 Å². The van der Waals surface area contributed by atoms with Crippen LogP contribution in [-0.4, -0.2) is 59.8 Å². The van der Waals surface area contributed by atoms with Gasteiger partial charge >= 0.3 is 0 Å². The Bertz CT molecular complexity index is 1040. The van der Waals surface area contributed by atoms with E-state index < -0.39 is 5.79 Å². The Morgan fingerprint density at radius 2 is 2.03 bits per heavy atom. The van der Waals surface area contributed by atoms with E-state index in [2.05, 4.69) is 4.99 Å². The summed E-state index contributed by atoms with van der Waals surface area (Å²) >= 11 is 1.48. The van der Waals surface area contributed by atoms with Crippen LogP contribution in [0.1, 0.15) is 24.0 Å². The van der Waals surface area contributed by atoms with E-state index in [0.29, 0.717) is 55.3 Å². The maximum Gasteiger partial charge on any atom is 0.283 e. The Morgan fingerprint density at radius 3 is 2.77 bits per heavy atom. The first kappa shape index (κ1) is 20.4. The first-order chi connectivity index (χ1) is 15.0. The van der Waals surface area contributed by atoms with Crippen LogP contribution in [0, 0.1) is 6.92 Å². The van der Waals surface area contributed by atoms with Crippen LogP contribution in [0.2, 0.25) is 0 Å². The van der Waals surface area contributed by atoms with E-state index in [1.54, 1.807) is 6.08 Å². The molecule has 160 valence electrons. The van der Waals surface area contributed by atoms with Crippen LogP contribution in [0.3, 0.4) is 0 Å². The van der Waals surface area contributed by atoms with Gasteiger partial charge in [-0.05, 0) is 24.6 Å². The molecular weight excluding hydrogens is 412 g/mol. The molecule has 1 unspecified atom stereocenters. The van der Waals surface area contributed by atoms with Gasteiger partial charge in [0.05, 0.1) is 29.1 Å². The summed E-state index contributed by atoms with van der Waals surface area (Å²) in [6.45, 7) is 4.45. The summed E-state index contributed by atoms with van der Waals surface area (Å²) in [5.74, 6) is -0.801. The minimum atomic E-state index is -0.505. The lowest BCUT2D eigenvalue weighted by Gasteiger charge is -2.38. The van der Waals surface area contributed by atoms with Crippen LogP contribution in [0.15, 0.2) is 58.0 Å². The van der Waals surface area contributed by atoms with Crippen molar-refractivity contribution in [2.75, 3.05) is 26.3 Å². The maximum atomic E-state index is 13.0. The van der Waals surface area contributed by atoms with Crippen LogP contribution in [-0.2, 0) is 19.1 Å². The van der Waals surface area contributed by atoms with Gasteiger partial charge in [-0.1, -0.05) is 42.0 Å². The minimum Gasteiger partial charge on any atom is -0.347 e. The zero-order valence-electron chi connectivity index (χ0n) is 17.4. The number of hydrogen-bond acceptors (Lipinski definition) is 5. The summed E-state index contributed by atoms with van der Waals surface area (Å²) < 4.78 is 11.5. The lowest BCUT2D eigenvalue weighted by atomic mass is 10.00. The molecule has 6 nitrogen and oxygen atoms in total. The van der Waals surface area contributed by atoms with Crippen LogP contribution in [0.25, 0.3) is 6.08 Å². The number of allylic oxidation sites excluding steroid dienone is 1. The molecule has 5 rings (SSSR count). The lowest BCUT2D eigenvalue weighted by molar-refractivity contribution is -0.186. The molecule has 2 saturated heterocycles. The third-order valence-electron chi connectivity index (χ3n) is 5.95. The van der Waals surface area contributed by atoms with Crippen LogP contribution < -0.4 is 0 Å². The van der Waals surface area contributed by atoms with E-state index in [1.165, 1.54) is 11.8 Å². The molecule has 1 atom stereocenters. The molecular formula is C24H24N2O4S. The van der Waals surface area contributed by atoms with Gasteiger partial charge in [-0.15, -0.1) is 11.8 Å². The Kier molecular flexibility index (Phi) is 5.42. The molecule has 0 N–H and O–H groups in total. The zero-order valence-corrected chi connectivity index (χ0v) is 18.2. The average molecular weight is 437 g/mol. The number of amides is 2. The second-order valence-electron chi connectivity index (χ2n) is 8.16. The summed E-state index contributed by atoms with van der Waals surface area (Å²) in [4.78, 5) is 32.4. The monoisotopic (exact) mass is 436 g/mol. The number of fused-ring (bicyclic) bond motifs is 1. The topological polar surface area (TPSA) is 68.2 Å². The third-order valence-corrected chi connectivity index (χ3v) is 7.15. The number of carbonyl (C=O) groups is 2. The Balaban J connectivity index is 1.30. The number of thioether (sulfide) groups is 1. The Hall–Kier alpha value is -2.48. The molecule has 7 heteroatoms. The number of carbonyl (C=O) groups excluding carboxylic acids is 2. The van der Waals surface area contributed by atoms with Crippen molar-refractivity contribution in [3.63, 3.8) is 0 Å². The van der Waals surface area contributed by atoms with Crippen molar-refractivity contribution in [2.24, 2.45) is 4.99 Å². The van der Waals surface area contributed by atoms with E-state index in [4.69, 9.17) is 9.47 Å². The smallest absolute Gasteiger partial charge is 0.283 e. The lowest BCUT2D eigenvalue weighted by Crippen LogP contribution is -2.47. The number of ether oxygens (including phenoxy) is 2. The molecule has 0 radical (unpaired) electrons. The number of piperidine rings is 1. The number of hydrogen-bond donors (Lipinski definition) is 0. The van der Waals surface area contributed by atoms with Crippen molar-refractivity contribution in [1.29, 1.82) is 0 Å². The normalized spacial score (nSPS) is 26.1. The summed E-state index contributed by atoms with van der Waals surface area (Å²) in [7, 11) is 0. The van der Waals surface area contributed by atoms with Crippen molar-refractivity contribution in [2.45, 2.75) is 30.8 Å². The first-order valence-electron chi connectivity index (χ1n) is 10.6. The molecule has 3 aliphatic heterocycles. The van der Waals surface area contributed by atoms with Crippen LogP contribution in [0.4, 0.5) is 0 Å². The third kappa shape index (κ3) is 4.18. The quantitative estimate of drug-likeness (QED) is 0.666. The van der Waals surface area contributed by atoms with Gasteiger partial charge in [0.2, 0.25) is 0 Å². The van der Waals surface area contributed by atoms with Crippen molar-refractivity contribution >= 4 is 35.4 Å². The number of benzene rings is 1. The summed E-state index contributed by atoms with van der Waals surface area (Å²) in [5.41, 5.74) is 3.33. The number of aliphatic imine (C=N–C) groups is 1. The maximum absolute atomic E-state index is 13.0. The predicted molar refractivity (Wildman–Crippen MR) is 121 cm³/mol. The fourth-order valence-electron chi connectivity index (χ4n) is 4.29. The van der Waals surface area contributed by atoms with Crippen molar-refractivity contribution in [3.8, 4) is 0 Å². The van der Waals surface area contributed by atoms with E-state index in [1.807, 2.05) is 54.3 Å². The van der Waals surface area contributed by atoms with E-state index in [0.717, 1.165) is 11.1 Å². The van der Waals surface area contributed by atoms with Crippen LogP contribution in [0.5, 0.6) is 0 Å². The Morgan fingerprint density at radius 1 is 1.26 bits per heavy atom. The number of rotatable bonds is 2. The van der Waals surface area contributed by atoms with E-state index >= 15 is 0 Å². The summed E-state index contributed by atoms with van der Waals surface area (Å²) in [6, 6.07) is 8.02. The van der Waals surface area contributed by atoms with Gasteiger partial charge in [-0.25, -0.2) is 4.99 Å². The van der Waals surface area contributed by atoms with Crippen molar-refractivity contribution in [1.82, 2.24) is 4.90 Å². The summed E-state index contributed by atoms with van der Waals surface area (Å²) in [6.07, 6.45) is 8.82. The first-order valence-corrected chi connectivity index (χ1v) is 11.4. The zero-order chi connectivity index (χ0) is 21.4. The molecule has 0 saturated carbocycles. The molecule has 1 aromatic rings. The number of likely N-dealkylation sites (tertiary alicyclic amines) is 1. The fraction of sp³-hybridized carbons (Fsp3) is 0.375. The largest absolute Gasteiger partial charge is 0.347 e. The predicted octanol–water partition coefficient (Wildman–Crippen LogP) is 3.28. The van der Waals surface area contributed by atoms with Crippen LogP contribution >= 0.6 is 11.8 Å². The highest BCUT2D eigenvalue weighted by atomic mass is 32.2. The van der Waals surface area contributed by atoms with E-state index in [9.17, 15) is 9.59 Å². The van der Waals surface area contributed by atoms with Crippen molar-refractivity contribution in [3.05, 3.63) is 64.1 Å².